The third-order valence-electron chi connectivity index (χ3n) is 7.01. The van der Waals surface area contributed by atoms with Crippen LogP contribution in [0.5, 0.6) is 5.75 Å². The van der Waals surface area contributed by atoms with Crippen molar-refractivity contribution in [3.05, 3.63) is 102 Å². The number of nitrogens with zero attached hydrogens (tertiary/aromatic N) is 1. The highest BCUT2D eigenvalue weighted by atomic mass is 16.5. The first-order valence-corrected chi connectivity index (χ1v) is 11.5. The number of ether oxygens (including phenoxy) is 1. The van der Waals surface area contributed by atoms with Gasteiger partial charge in [0.05, 0.1) is 5.60 Å². The second kappa shape index (κ2) is 8.86. The molecule has 2 heterocycles. The van der Waals surface area contributed by atoms with Gasteiger partial charge < -0.3 is 9.84 Å². The van der Waals surface area contributed by atoms with Crippen molar-refractivity contribution in [3.63, 3.8) is 0 Å². The van der Waals surface area contributed by atoms with Crippen molar-refractivity contribution in [2.24, 2.45) is 0 Å². The summed E-state index contributed by atoms with van der Waals surface area (Å²) in [6.45, 7) is 1.54. The average Bonchev–Trinajstić information content (AvgIpc) is 2.80. The molecular formula is C28H31NO2. The summed E-state index contributed by atoms with van der Waals surface area (Å²) >= 11 is 0. The van der Waals surface area contributed by atoms with Gasteiger partial charge in [0.1, 0.15) is 12.4 Å². The van der Waals surface area contributed by atoms with E-state index in [0.29, 0.717) is 18.7 Å². The Morgan fingerprint density at radius 1 is 0.774 bits per heavy atom. The molecule has 2 aliphatic rings. The van der Waals surface area contributed by atoms with E-state index in [1.165, 1.54) is 24.8 Å². The monoisotopic (exact) mass is 413 g/mol. The van der Waals surface area contributed by atoms with Crippen LogP contribution in [0.4, 0.5) is 0 Å². The van der Waals surface area contributed by atoms with Gasteiger partial charge in [-0.05, 0) is 54.5 Å². The van der Waals surface area contributed by atoms with E-state index in [0.717, 1.165) is 36.3 Å². The molecule has 0 saturated carbocycles. The first-order chi connectivity index (χ1) is 15.2. The van der Waals surface area contributed by atoms with Gasteiger partial charge in [-0.15, -0.1) is 0 Å². The molecule has 0 spiro atoms. The second-order valence-electron chi connectivity index (χ2n) is 9.13. The lowest BCUT2D eigenvalue weighted by Gasteiger charge is -2.52. The van der Waals surface area contributed by atoms with Crippen molar-refractivity contribution in [2.45, 2.75) is 62.9 Å². The SMILES string of the molecule is OC1(c2ccc(OCc3ccccc3)cc2)CC2CCCC(C1)N2Cc1ccccc1. The zero-order valence-electron chi connectivity index (χ0n) is 18.0. The molecule has 3 heteroatoms. The zero-order chi connectivity index (χ0) is 21.1. The molecule has 2 fully saturated rings. The molecule has 2 atom stereocenters. The Kier molecular flexibility index (Phi) is 5.80. The highest BCUT2D eigenvalue weighted by Gasteiger charge is 2.46. The highest BCUT2D eigenvalue weighted by molar-refractivity contribution is 5.32. The van der Waals surface area contributed by atoms with E-state index >= 15 is 0 Å². The van der Waals surface area contributed by atoms with Gasteiger partial charge in [0.25, 0.3) is 0 Å². The van der Waals surface area contributed by atoms with E-state index in [4.69, 9.17) is 4.74 Å². The fourth-order valence-electron chi connectivity index (χ4n) is 5.41. The summed E-state index contributed by atoms with van der Waals surface area (Å²) in [5.41, 5.74) is 2.80. The third kappa shape index (κ3) is 4.53. The standard InChI is InChI=1S/C28H31NO2/c30-28(24-14-16-27(17-15-24)31-21-23-10-5-2-6-11-23)18-25-12-7-13-26(19-28)29(25)20-22-8-3-1-4-9-22/h1-6,8-11,14-17,25-26,30H,7,12-13,18-21H2. The third-order valence-corrected chi connectivity index (χ3v) is 7.01. The molecule has 2 bridgehead atoms. The van der Waals surface area contributed by atoms with Crippen molar-refractivity contribution < 1.29 is 9.84 Å². The van der Waals surface area contributed by atoms with Gasteiger partial charge >= 0.3 is 0 Å². The smallest absolute Gasteiger partial charge is 0.119 e. The number of hydrogen-bond acceptors (Lipinski definition) is 3. The first kappa shape index (κ1) is 20.3. The molecule has 31 heavy (non-hydrogen) atoms. The number of aliphatic hydroxyl groups is 1. The summed E-state index contributed by atoms with van der Waals surface area (Å²) in [5.74, 6) is 0.845. The number of hydrogen-bond donors (Lipinski definition) is 1. The number of fused-ring (bicyclic) bond motifs is 2. The molecule has 5 rings (SSSR count). The molecule has 3 aromatic rings. The van der Waals surface area contributed by atoms with E-state index in [-0.39, 0.29) is 0 Å². The average molecular weight is 414 g/mol. The maximum Gasteiger partial charge on any atom is 0.119 e. The molecule has 3 aromatic carbocycles. The summed E-state index contributed by atoms with van der Waals surface area (Å²) in [6, 6.07) is 29.9. The van der Waals surface area contributed by atoms with Gasteiger partial charge in [-0.25, -0.2) is 0 Å². The van der Waals surface area contributed by atoms with Gasteiger partial charge in [-0.2, -0.15) is 0 Å². The maximum atomic E-state index is 11.7. The second-order valence-corrected chi connectivity index (χ2v) is 9.13. The number of piperidine rings is 2. The molecule has 2 unspecified atom stereocenters. The van der Waals surface area contributed by atoms with E-state index in [9.17, 15) is 5.11 Å². The minimum atomic E-state index is -0.749. The minimum absolute atomic E-state index is 0.437. The van der Waals surface area contributed by atoms with Crippen molar-refractivity contribution >= 4 is 0 Å². The van der Waals surface area contributed by atoms with Crippen LogP contribution in [0, 0.1) is 0 Å². The normalized spacial score (nSPS) is 25.8. The van der Waals surface area contributed by atoms with E-state index < -0.39 is 5.60 Å². The maximum absolute atomic E-state index is 11.7. The van der Waals surface area contributed by atoms with Crippen molar-refractivity contribution in [2.75, 3.05) is 0 Å². The molecule has 160 valence electrons. The van der Waals surface area contributed by atoms with Crippen molar-refractivity contribution in [1.82, 2.24) is 4.90 Å². The van der Waals surface area contributed by atoms with Crippen LogP contribution in [0.1, 0.15) is 48.8 Å². The van der Waals surface area contributed by atoms with Crippen LogP contribution in [0.25, 0.3) is 0 Å². The van der Waals surface area contributed by atoms with Crippen molar-refractivity contribution in [3.8, 4) is 5.75 Å². The molecule has 2 saturated heterocycles. The molecule has 0 aliphatic carbocycles. The zero-order valence-corrected chi connectivity index (χ0v) is 18.0. The Morgan fingerprint density at radius 2 is 1.35 bits per heavy atom. The fourth-order valence-corrected chi connectivity index (χ4v) is 5.41. The molecule has 0 radical (unpaired) electrons. The predicted molar refractivity (Wildman–Crippen MR) is 124 cm³/mol. The van der Waals surface area contributed by atoms with Gasteiger partial charge in [0.2, 0.25) is 0 Å². The van der Waals surface area contributed by atoms with Gasteiger partial charge in [0.15, 0.2) is 0 Å². The Labute approximate surface area is 185 Å². The summed E-state index contributed by atoms with van der Waals surface area (Å²) in [7, 11) is 0. The lowest BCUT2D eigenvalue weighted by atomic mass is 9.72. The molecule has 3 nitrogen and oxygen atoms in total. The first-order valence-electron chi connectivity index (χ1n) is 11.5. The summed E-state index contributed by atoms with van der Waals surface area (Å²) in [4.78, 5) is 2.64. The molecule has 0 aromatic heterocycles. The van der Waals surface area contributed by atoms with Crippen LogP contribution in [0.15, 0.2) is 84.9 Å². The van der Waals surface area contributed by atoms with Crippen LogP contribution in [0.2, 0.25) is 0 Å². The topological polar surface area (TPSA) is 32.7 Å². The van der Waals surface area contributed by atoms with Gasteiger partial charge in [0, 0.05) is 18.6 Å². The largest absolute Gasteiger partial charge is 0.489 e. The Morgan fingerprint density at radius 3 is 1.97 bits per heavy atom. The molecule has 1 N–H and O–H groups in total. The quantitative estimate of drug-likeness (QED) is 0.565. The van der Waals surface area contributed by atoms with Crippen LogP contribution < -0.4 is 4.74 Å². The van der Waals surface area contributed by atoms with Gasteiger partial charge in [-0.3, -0.25) is 4.90 Å². The minimum Gasteiger partial charge on any atom is -0.489 e. The van der Waals surface area contributed by atoms with Crippen LogP contribution in [-0.2, 0) is 18.8 Å². The Balaban J connectivity index is 1.27. The van der Waals surface area contributed by atoms with Crippen molar-refractivity contribution in [1.29, 1.82) is 0 Å². The van der Waals surface area contributed by atoms with E-state index in [2.05, 4.69) is 59.5 Å². The Bertz CT molecular complexity index is 957. The van der Waals surface area contributed by atoms with E-state index in [1.807, 2.05) is 30.3 Å². The van der Waals surface area contributed by atoms with Crippen LogP contribution >= 0.6 is 0 Å². The lowest BCUT2D eigenvalue weighted by molar-refractivity contribution is -0.0999. The fraction of sp³-hybridized carbons (Fsp3) is 0.357. The molecule has 2 aliphatic heterocycles. The summed E-state index contributed by atoms with van der Waals surface area (Å²) < 4.78 is 5.94. The highest BCUT2D eigenvalue weighted by Crippen LogP contribution is 2.45. The van der Waals surface area contributed by atoms with Crippen LogP contribution in [-0.4, -0.2) is 22.1 Å². The molecular weight excluding hydrogens is 382 g/mol. The predicted octanol–water partition coefficient (Wildman–Crippen LogP) is 5.67. The van der Waals surface area contributed by atoms with Crippen LogP contribution in [0.3, 0.4) is 0 Å². The number of benzene rings is 3. The molecule has 0 amide bonds. The summed E-state index contributed by atoms with van der Waals surface area (Å²) in [5, 5.41) is 11.7. The number of rotatable bonds is 6. The van der Waals surface area contributed by atoms with E-state index in [1.54, 1.807) is 0 Å². The summed E-state index contributed by atoms with van der Waals surface area (Å²) in [6.07, 6.45) is 5.22. The Hall–Kier alpha value is -2.62. The lowest BCUT2D eigenvalue weighted by Crippen LogP contribution is -2.56. The van der Waals surface area contributed by atoms with Gasteiger partial charge in [-0.1, -0.05) is 79.2 Å².